The van der Waals surface area contributed by atoms with Crippen molar-refractivity contribution >= 4 is 23.3 Å². The first-order valence-corrected chi connectivity index (χ1v) is 7.77. The van der Waals surface area contributed by atoms with E-state index in [-0.39, 0.29) is 16.5 Å². The number of aryl methyl sites for hydroxylation is 2. The third-order valence-electron chi connectivity index (χ3n) is 3.54. The van der Waals surface area contributed by atoms with Crippen LogP contribution in [0.1, 0.15) is 21.6 Å². The van der Waals surface area contributed by atoms with Crippen LogP contribution in [0.2, 0.25) is 5.02 Å². The van der Waals surface area contributed by atoms with E-state index in [1.165, 1.54) is 27.8 Å². The van der Waals surface area contributed by atoms with E-state index in [0.717, 1.165) is 18.2 Å². The monoisotopic (exact) mass is 383 g/mol. The Labute approximate surface area is 151 Å². The molecule has 136 valence electrons. The van der Waals surface area contributed by atoms with Crippen LogP contribution in [0.3, 0.4) is 0 Å². The summed E-state index contributed by atoms with van der Waals surface area (Å²) in [5.41, 5.74) is -0.0568. The van der Waals surface area contributed by atoms with Crippen LogP contribution >= 0.6 is 11.6 Å². The van der Waals surface area contributed by atoms with Crippen molar-refractivity contribution in [3.05, 3.63) is 58.5 Å². The van der Waals surface area contributed by atoms with E-state index in [2.05, 4.69) is 15.5 Å². The fourth-order valence-corrected chi connectivity index (χ4v) is 2.55. The van der Waals surface area contributed by atoms with Crippen LogP contribution < -0.4 is 5.32 Å². The topological polar surface area (TPSA) is 64.7 Å². The van der Waals surface area contributed by atoms with Crippen molar-refractivity contribution in [1.82, 2.24) is 19.6 Å². The van der Waals surface area contributed by atoms with Gasteiger partial charge in [-0.2, -0.15) is 23.4 Å². The molecule has 0 aliphatic rings. The number of amides is 1. The summed E-state index contributed by atoms with van der Waals surface area (Å²) in [4.78, 5) is 12.3. The highest BCUT2D eigenvalue weighted by molar-refractivity contribution is 6.32. The molecule has 0 saturated heterocycles. The molecule has 3 aromatic rings. The summed E-state index contributed by atoms with van der Waals surface area (Å²) in [6.07, 6.45) is -1.64. The third-order valence-corrected chi connectivity index (χ3v) is 3.86. The van der Waals surface area contributed by atoms with Gasteiger partial charge in [0.25, 0.3) is 5.91 Å². The molecule has 2 heterocycles. The number of hydrogen-bond acceptors (Lipinski definition) is 3. The minimum Gasteiger partial charge on any atom is -0.306 e. The number of aromatic nitrogens is 4. The maximum atomic E-state index is 13.0. The molecular formula is C16H13ClF3N5O. The molecule has 0 aliphatic carbocycles. The lowest BCUT2D eigenvalue weighted by Gasteiger charge is -2.13. The van der Waals surface area contributed by atoms with E-state index in [1.54, 1.807) is 14.0 Å². The molecule has 0 aliphatic heterocycles. The van der Waals surface area contributed by atoms with E-state index in [0.29, 0.717) is 11.3 Å². The molecule has 3 rings (SSSR count). The molecule has 0 unspecified atom stereocenters. The van der Waals surface area contributed by atoms with E-state index < -0.39 is 17.6 Å². The van der Waals surface area contributed by atoms with Gasteiger partial charge >= 0.3 is 6.18 Å². The number of hydrogen-bond donors (Lipinski definition) is 1. The zero-order valence-corrected chi connectivity index (χ0v) is 14.4. The van der Waals surface area contributed by atoms with Crippen LogP contribution in [-0.2, 0) is 13.2 Å². The van der Waals surface area contributed by atoms with Gasteiger partial charge in [-0.3, -0.25) is 9.48 Å². The quantitative estimate of drug-likeness (QED) is 0.747. The summed E-state index contributed by atoms with van der Waals surface area (Å²) in [6, 6.07) is 4.44. The second kappa shape index (κ2) is 6.49. The van der Waals surface area contributed by atoms with Crippen LogP contribution in [0.15, 0.2) is 36.7 Å². The van der Waals surface area contributed by atoms with Gasteiger partial charge in [-0.25, -0.2) is 4.68 Å². The Hall–Kier alpha value is -2.81. The first-order valence-electron chi connectivity index (χ1n) is 7.39. The van der Waals surface area contributed by atoms with E-state index >= 15 is 0 Å². The van der Waals surface area contributed by atoms with Gasteiger partial charge in [-0.15, -0.1) is 0 Å². The molecule has 0 radical (unpaired) electrons. The average molecular weight is 384 g/mol. The number of alkyl halides is 3. The van der Waals surface area contributed by atoms with E-state index in [9.17, 15) is 18.0 Å². The number of rotatable bonds is 3. The Kier molecular flexibility index (Phi) is 4.49. The number of carbonyl (C=O) groups excluding carboxylic acids is 1. The van der Waals surface area contributed by atoms with Crippen LogP contribution in [0.25, 0.3) is 5.69 Å². The third kappa shape index (κ3) is 3.57. The van der Waals surface area contributed by atoms with Crippen molar-refractivity contribution in [2.45, 2.75) is 13.1 Å². The van der Waals surface area contributed by atoms with E-state index in [4.69, 9.17) is 11.6 Å². The minimum absolute atomic E-state index is 0.0103. The Morgan fingerprint density at radius 2 is 2.00 bits per heavy atom. The normalized spacial score (nSPS) is 11.6. The zero-order chi connectivity index (χ0) is 19.1. The molecular weight excluding hydrogens is 371 g/mol. The Morgan fingerprint density at radius 1 is 1.27 bits per heavy atom. The van der Waals surface area contributed by atoms with Gasteiger partial charge in [0.15, 0.2) is 0 Å². The molecule has 0 bridgehead atoms. The lowest BCUT2D eigenvalue weighted by molar-refractivity contribution is -0.137. The largest absolute Gasteiger partial charge is 0.416 e. The summed E-state index contributed by atoms with van der Waals surface area (Å²) in [5.74, 6) is -0.278. The molecule has 0 atom stereocenters. The fourth-order valence-electron chi connectivity index (χ4n) is 2.35. The van der Waals surface area contributed by atoms with Crippen molar-refractivity contribution in [3.63, 3.8) is 0 Å². The molecule has 1 N–H and O–H groups in total. The molecule has 1 amide bonds. The number of benzene rings is 1. The molecule has 10 heteroatoms. The SMILES string of the molecule is Cc1cc(NC(=O)c2cnn(C)c2)n(-c2cc(C(F)(F)F)ccc2Cl)n1. The van der Waals surface area contributed by atoms with Crippen LogP contribution in [-0.4, -0.2) is 25.5 Å². The second-order valence-corrected chi connectivity index (χ2v) is 6.01. The Morgan fingerprint density at radius 3 is 2.62 bits per heavy atom. The Balaban J connectivity index is 2.01. The number of halogens is 4. The van der Waals surface area contributed by atoms with Crippen molar-refractivity contribution in [2.75, 3.05) is 5.32 Å². The summed E-state index contributed by atoms with van der Waals surface area (Å²) < 4.78 is 41.6. The van der Waals surface area contributed by atoms with Gasteiger partial charge in [0.2, 0.25) is 0 Å². The molecule has 1 aromatic carbocycles. The Bertz CT molecular complexity index is 977. The molecule has 0 fully saturated rings. The lowest BCUT2D eigenvalue weighted by atomic mass is 10.2. The highest BCUT2D eigenvalue weighted by atomic mass is 35.5. The summed E-state index contributed by atoms with van der Waals surface area (Å²) >= 11 is 6.06. The molecule has 2 aromatic heterocycles. The summed E-state index contributed by atoms with van der Waals surface area (Å²) in [6.45, 7) is 1.65. The predicted octanol–water partition coefficient (Wildman–Crippen LogP) is 3.84. The standard InChI is InChI=1S/C16H13ClF3N5O/c1-9-5-14(22-15(26)10-7-21-24(2)8-10)25(23-9)13-6-11(16(18,19)20)3-4-12(13)17/h3-8H,1-2H3,(H,22,26). The minimum atomic E-state index is -4.53. The van der Waals surface area contributed by atoms with Gasteiger partial charge in [-0.05, 0) is 25.1 Å². The van der Waals surface area contributed by atoms with Crippen molar-refractivity contribution in [2.24, 2.45) is 7.05 Å². The van der Waals surface area contributed by atoms with E-state index in [1.807, 2.05) is 0 Å². The van der Waals surface area contributed by atoms with Crippen LogP contribution in [0.5, 0.6) is 0 Å². The molecule has 0 saturated carbocycles. The molecule has 0 spiro atoms. The molecule has 26 heavy (non-hydrogen) atoms. The highest BCUT2D eigenvalue weighted by Crippen LogP contribution is 2.34. The van der Waals surface area contributed by atoms with Crippen molar-refractivity contribution in [1.29, 1.82) is 0 Å². The van der Waals surface area contributed by atoms with Gasteiger partial charge < -0.3 is 5.32 Å². The first kappa shape index (κ1) is 18.0. The number of nitrogens with one attached hydrogen (secondary N) is 1. The maximum absolute atomic E-state index is 13.0. The summed E-state index contributed by atoms with van der Waals surface area (Å²) in [7, 11) is 1.66. The van der Waals surface area contributed by atoms with Gasteiger partial charge in [0, 0.05) is 19.3 Å². The maximum Gasteiger partial charge on any atom is 0.416 e. The highest BCUT2D eigenvalue weighted by Gasteiger charge is 2.31. The predicted molar refractivity (Wildman–Crippen MR) is 89.5 cm³/mol. The van der Waals surface area contributed by atoms with Crippen molar-refractivity contribution < 1.29 is 18.0 Å². The summed E-state index contributed by atoms with van der Waals surface area (Å²) in [5, 5.41) is 10.7. The van der Waals surface area contributed by atoms with Gasteiger partial charge in [0.1, 0.15) is 5.82 Å². The lowest BCUT2D eigenvalue weighted by Crippen LogP contribution is -2.15. The average Bonchev–Trinajstić information content (AvgIpc) is 3.12. The number of anilines is 1. The zero-order valence-electron chi connectivity index (χ0n) is 13.7. The number of nitrogens with zero attached hydrogens (tertiary/aromatic N) is 4. The second-order valence-electron chi connectivity index (χ2n) is 5.60. The van der Waals surface area contributed by atoms with Crippen molar-refractivity contribution in [3.8, 4) is 5.69 Å². The molecule has 6 nitrogen and oxygen atoms in total. The van der Waals surface area contributed by atoms with Gasteiger partial charge in [-0.1, -0.05) is 11.6 Å². The van der Waals surface area contributed by atoms with Gasteiger partial charge in [0.05, 0.1) is 33.7 Å². The van der Waals surface area contributed by atoms with Crippen LogP contribution in [0.4, 0.5) is 19.0 Å². The van der Waals surface area contributed by atoms with Crippen LogP contribution in [0, 0.1) is 6.92 Å². The fraction of sp³-hybridized carbons (Fsp3) is 0.188. The first-order chi connectivity index (χ1) is 12.1. The smallest absolute Gasteiger partial charge is 0.306 e. The number of carbonyl (C=O) groups is 1.